The van der Waals surface area contributed by atoms with Crippen molar-refractivity contribution in [3.63, 3.8) is 0 Å². The van der Waals surface area contributed by atoms with Gasteiger partial charge < -0.3 is 14.4 Å². The Labute approximate surface area is 113 Å². The second kappa shape index (κ2) is 5.05. The molecule has 0 spiro atoms. The molecule has 2 aromatic rings. The van der Waals surface area contributed by atoms with Crippen molar-refractivity contribution in [2.24, 2.45) is 0 Å². The molecule has 1 saturated heterocycles. The van der Waals surface area contributed by atoms with Crippen LogP contribution in [0.2, 0.25) is 0 Å². The molecule has 2 heterocycles. The number of nitrogens with zero attached hydrogens (tertiary/aromatic N) is 2. The molecular formula is C15H18N2O2. The number of likely N-dealkylation sites (tertiary alicyclic amines) is 1. The van der Waals surface area contributed by atoms with Gasteiger partial charge in [-0.1, -0.05) is 0 Å². The molecule has 4 heteroatoms. The van der Waals surface area contributed by atoms with Crippen molar-refractivity contribution in [2.75, 3.05) is 27.2 Å². The molecule has 19 heavy (non-hydrogen) atoms. The third-order valence-electron chi connectivity index (χ3n) is 3.55. The molecule has 0 radical (unpaired) electrons. The predicted octanol–water partition coefficient (Wildman–Crippen LogP) is 2.33. The molecule has 0 amide bonds. The Hall–Kier alpha value is -1.81. The summed E-state index contributed by atoms with van der Waals surface area (Å²) in [5.41, 5.74) is 0.935. The van der Waals surface area contributed by atoms with Crippen LogP contribution in [0.1, 0.15) is 6.42 Å². The molecule has 1 fully saturated rings. The van der Waals surface area contributed by atoms with Gasteiger partial charge in [-0.2, -0.15) is 0 Å². The number of methoxy groups -OCH3 is 1. The van der Waals surface area contributed by atoms with E-state index in [1.54, 1.807) is 13.3 Å². The van der Waals surface area contributed by atoms with Crippen LogP contribution in [0, 0.1) is 0 Å². The summed E-state index contributed by atoms with van der Waals surface area (Å²) in [5.74, 6) is 1.72. The number of ether oxygens (including phenoxy) is 2. The van der Waals surface area contributed by atoms with E-state index in [-0.39, 0.29) is 6.10 Å². The molecule has 0 bridgehead atoms. The van der Waals surface area contributed by atoms with Gasteiger partial charge in [0.2, 0.25) is 0 Å². The lowest BCUT2D eigenvalue weighted by atomic mass is 10.2. The second-order valence-electron chi connectivity index (χ2n) is 4.98. The molecule has 1 unspecified atom stereocenters. The van der Waals surface area contributed by atoms with Gasteiger partial charge in [-0.05, 0) is 37.7 Å². The number of likely N-dealkylation sites (N-methyl/N-ethyl adjacent to an activating group) is 1. The number of hydrogen-bond acceptors (Lipinski definition) is 4. The van der Waals surface area contributed by atoms with Crippen LogP contribution < -0.4 is 9.47 Å². The third-order valence-corrected chi connectivity index (χ3v) is 3.55. The highest BCUT2D eigenvalue weighted by Gasteiger charge is 2.21. The summed E-state index contributed by atoms with van der Waals surface area (Å²) in [4.78, 5) is 6.65. The van der Waals surface area contributed by atoms with E-state index < -0.39 is 0 Å². The number of fused-ring (bicyclic) bond motifs is 1. The summed E-state index contributed by atoms with van der Waals surface area (Å²) in [6, 6.07) is 7.79. The van der Waals surface area contributed by atoms with Crippen LogP contribution >= 0.6 is 0 Å². The van der Waals surface area contributed by atoms with E-state index in [2.05, 4.69) is 16.9 Å². The van der Waals surface area contributed by atoms with Crippen LogP contribution in [0.5, 0.6) is 11.5 Å². The maximum Gasteiger partial charge on any atom is 0.130 e. The van der Waals surface area contributed by atoms with Crippen LogP contribution in [0.15, 0.2) is 30.5 Å². The highest BCUT2D eigenvalue weighted by molar-refractivity contribution is 5.86. The first kappa shape index (κ1) is 12.2. The molecule has 100 valence electrons. The number of rotatable bonds is 3. The van der Waals surface area contributed by atoms with Gasteiger partial charge in [0.05, 0.1) is 12.6 Å². The van der Waals surface area contributed by atoms with Gasteiger partial charge in [0.15, 0.2) is 0 Å². The van der Waals surface area contributed by atoms with E-state index >= 15 is 0 Å². The topological polar surface area (TPSA) is 34.6 Å². The Morgan fingerprint density at radius 2 is 2.21 bits per heavy atom. The summed E-state index contributed by atoms with van der Waals surface area (Å²) in [6.07, 6.45) is 3.13. The number of aromatic nitrogens is 1. The highest BCUT2D eigenvalue weighted by atomic mass is 16.5. The van der Waals surface area contributed by atoms with E-state index in [0.29, 0.717) is 0 Å². The van der Waals surface area contributed by atoms with Crippen molar-refractivity contribution in [1.29, 1.82) is 0 Å². The molecular weight excluding hydrogens is 240 g/mol. The summed E-state index contributed by atoms with van der Waals surface area (Å²) < 4.78 is 11.4. The molecule has 0 aliphatic carbocycles. The Morgan fingerprint density at radius 1 is 1.32 bits per heavy atom. The summed E-state index contributed by atoms with van der Waals surface area (Å²) in [7, 11) is 3.79. The average molecular weight is 258 g/mol. The molecule has 3 rings (SSSR count). The molecule has 1 aliphatic heterocycles. The fraction of sp³-hybridized carbons (Fsp3) is 0.400. The van der Waals surface area contributed by atoms with Crippen molar-refractivity contribution in [2.45, 2.75) is 12.5 Å². The Morgan fingerprint density at radius 3 is 2.95 bits per heavy atom. The molecule has 1 atom stereocenters. The highest BCUT2D eigenvalue weighted by Crippen LogP contribution is 2.29. The van der Waals surface area contributed by atoms with Crippen LogP contribution in [0.4, 0.5) is 0 Å². The average Bonchev–Trinajstić information content (AvgIpc) is 2.84. The number of hydrogen-bond donors (Lipinski definition) is 0. The molecule has 0 saturated carbocycles. The van der Waals surface area contributed by atoms with Crippen molar-refractivity contribution >= 4 is 10.9 Å². The zero-order chi connectivity index (χ0) is 13.2. The Balaban J connectivity index is 1.93. The van der Waals surface area contributed by atoms with Crippen molar-refractivity contribution in [3.05, 3.63) is 30.5 Å². The second-order valence-corrected chi connectivity index (χ2v) is 4.98. The zero-order valence-corrected chi connectivity index (χ0v) is 11.3. The third kappa shape index (κ3) is 2.49. The van der Waals surface area contributed by atoms with E-state index in [9.17, 15) is 0 Å². The van der Waals surface area contributed by atoms with Crippen molar-refractivity contribution in [3.8, 4) is 11.5 Å². The first-order valence-corrected chi connectivity index (χ1v) is 6.54. The van der Waals surface area contributed by atoms with Gasteiger partial charge in [0.1, 0.15) is 17.6 Å². The van der Waals surface area contributed by atoms with Gasteiger partial charge in [0.25, 0.3) is 0 Å². The lowest BCUT2D eigenvalue weighted by Crippen LogP contribution is -2.21. The van der Waals surface area contributed by atoms with Gasteiger partial charge in [-0.25, -0.2) is 0 Å². The molecule has 1 aromatic heterocycles. The van der Waals surface area contributed by atoms with Gasteiger partial charge in [0, 0.05) is 24.7 Å². The maximum absolute atomic E-state index is 6.12. The van der Waals surface area contributed by atoms with E-state index in [1.807, 2.05) is 24.3 Å². The zero-order valence-electron chi connectivity index (χ0n) is 11.3. The van der Waals surface area contributed by atoms with Crippen LogP contribution in [0.25, 0.3) is 10.9 Å². The molecule has 1 aliphatic rings. The van der Waals surface area contributed by atoms with Gasteiger partial charge >= 0.3 is 0 Å². The monoisotopic (exact) mass is 258 g/mol. The van der Waals surface area contributed by atoms with Crippen LogP contribution in [-0.2, 0) is 0 Å². The summed E-state index contributed by atoms with van der Waals surface area (Å²) in [6.45, 7) is 2.07. The maximum atomic E-state index is 6.12. The lowest BCUT2D eigenvalue weighted by molar-refractivity contribution is 0.210. The SMILES string of the molecule is COc1ccc2nccc(OC3CCN(C)C3)c2c1. The predicted molar refractivity (Wildman–Crippen MR) is 74.8 cm³/mol. The molecule has 1 aromatic carbocycles. The summed E-state index contributed by atoms with van der Waals surface area (Å²) >= 11 is 0. The summed E-state index contributed by atoms with van der Waals surface area (Å²) in [5, 5.41) is 1.01. The number of pyridine rings is 1. The van der Waals surface area contributed by atoms with Gasteiger partial charge in [-0.15, -0.1) is 0 Å². The number of benzene rings is 1. The Kier molecular flexibility index (Phi) is 3.25. The van der Waals surface area contributed by atoms with Gasteiger partial charge in [-0.3, -0.25) is 4.98 Å². The first-order chi connectivity index (χ1) is 9.26. The van der Waals surface area contributed by atoms with E-state index in [4.69, 9.17) is 9.47 Å². The first-order valence-electron chi connectivity index (χ1n) is 6.54. The normalized spacial score (nSPS) is 19.8. The molecule has 0 N–H and O–H groups in total. The van der Waals surface area contributed by atoms with E-state index in [0.717, 1.165) is 41.9 Å². The largest absolute Gasteiger partial charge is 0.497 e. The Bertz CT molecular complexity index is 585. The smallest absolute Gasteiger partial charge is 0.130 e. The van der Waals surface area contributed by atoms with Crippen LogP contribution in [0.3, 0.4) is 0 Å². The standard InChI is InChI=1S/C15H18N2O2/c1-17-8-6-12(10-17)19-15-5-7-16-14-4-3-11(18-2)9-13(14)15/h3-5,7,9,12H,6,8,10H2,1-2H3. The minimum absolute atomic E-state index is 0.266. The molecule has 4 nitrogen and oxygen atoms in total. The quantitative estimate of drug-likeness (QED) is 0.846. The lowest BCUT2D eigenvalue weighted by Gasteiger charge is -2.15. The van der Waals surface area contributed by atoms with Crippen molar-refractivity contribution < 1.29 is 9.47 Å². The minimum Gasteiger partial charge on any atom is -0.497 e. The van der Waals surface area contributed by atoms with Crippen LogP contribution in [-0.4, -0.2) is 43.2 Å². The fourth-order valence-corrected chi connectivity index (χ4v) is 2.50. The van der Waals surface area contributed by atoms with E-state index in [1.165, 1.54) is 0 Å². The fourth-order valence-electron chi connectivity index (χ4n) is 2.50. The van der Waals surface area contributed by atoms with Crippen molar-refractivity contribution in [1.82, 2.24) is 9.88 Å². The minimum atomic E-state index is 0.266.